The van der Waals surface area contributed by atoms with Crippen molar-refractivity contribution in [3.05, 3.63) is 65.2 Å². The van der Waals surface area contributed by atoms with Crippen LogP contribution >= 0.6 is 0 Å². The molecular formula is C23H25F3N2O5. The van der Waals surface area contributed by atoms with E-state index < -0.39 is 31.3 Å². The third-order valence-electron chi connectivity index (χ3n) is 4.50. The molecule has 0 atom stereocenters. The average molecular weight is 466 g/mol. The number of hydrogen-bond donors (Lipinski definition) is 1. The summed E-state index contributed by atoms with van der Waals surface area (Å²) in [6.07, 6.45) is -4.41. The number of alkyl halides is 3. The van der Waals surface area contributed by atoms with Crippen LogP contribution in [0.15, 0.2) is 48.5 Å². The van der Waals surface area contributed by atoms with Gasteiger partial charge >= 0.3 is 12.1 Å². The van der Waals surface area contributed by atoms with Gasteiger partial charge in [-0.05, 0) is 49.7 Å². The molecule has 0 aliphatic carbocycles. The molecule has 7 nitrogen and oxygen atoms in total. The molecule has 2 amide bonds. The summed E-state index contributed by atoms with van der Waals surface area (Å²) in [7, 11) is 0. The molecule has 0 saturated carbocycles. The molecule has 0 saturated heterocycles. The average Bonchev–Trinajstić information content (AvgIpc) is 2.78. The number of nitrogens with one attached hydrogen (secondary N) is 1. The van der Waals surface area contributed by atoms with Gasteiger partial charge in [-0.15, -0.1) is 0 Å². The maximum Gasteiger partial charge on any atom is 0.411 e. The van der Waals surface area contributed by atoms with E-state index in [1.165, 1.54) is 24.3 Å². The van der Waals surface area contributed by atoms with E-state index in [2.05, 4.69) is 10.1 Å². The van der Waals surface area contributed by atoms with Gasteiger partial charge in [0.15, 0.2) is 6.61 Å². The van der Waals surface area contributed by atoms with Crippen LogP contribution in [0.3, 0.4) is 0 Å². The Morgan fingerprint density at radius 2 is 1.64 bits per heavy atom. The van der Waals surface area contributed by atoms with Crippen LogP contribution in [0.2, 0.25) is 0 Å². The molecule has 0 aromatic heterocycles. The first-order valence-corrected chi connectivity index (χ1v) is 10.2. The van der Waals surface area contributed by atoms with Crippen molar-refractivity contribution in [1.82, 2.24) is 4.90 Å². The molecule has 33 heavy (non-hydrogen) atoms. The molecule has 0 aliphatic rings. The number of amides is 2. The SMILES string of the molecule is CCN(CC)C(=O)c1cccc(NC(=O)COC(=O)c2ccc(COCC(F)(F)F)cc2)c1. The molecule has 2 aromatic carbocycles. The lowest BCUT2D eigenvalue weighted by Crippen LogP contribution is -2.30. The first-order chi connectivity index (χ1) is 15.6. The lowest BCUT2D eigenvalue weighted by molar-refractivity contribution is -0.176. The standard InChI is InChI=1S/C23H25F3N2O5/c1-3-28(4-2)21(30)18-6-5-7-19(12-18)27-20(29)14-33-22(31)17-10-8-16(9-11-17)13-32-15-23(24,25)26/h5-12H,3-4,13-15H2,1-2H3,(H,27,29). The number of nitrogens with zero attached hydrogens (tertiary/aromatic N) is 1. The van der Waals surface area contributed by atoms with Gasteiger partial charge in [0.05, 0.1) is 12.2 Å². The Balaban J connectivity index is 1.85. The zero-order chi connectivity index (χ0) is 24.4. The normalized spacial score (nSPS) is 11.1. The van der Waals surface area contributed by atoms with Gasteiger partial charge in [0.1, 0.15) is 6.61 Å². The molecular weight excluding hydrogens is 441 g/mol. The molecule has 2 rings (SSSR count). The number of esters is 1. The predicted octanol–water partition coefficient (Wildman–Crippen LogP) is 4.04. The highest BCUT2D eigenvalue weighted by Gasteiger charge is 2.27. The van der Waals surface area contributed by atoms with Crippen molar-refractivity contribution < 1.29 is 37.0 Å². The number of benzene rings is 2. The summed E-state index contributed by atoms with van der Waals surface area (Å²) >= 11 is 0. The van der Waals surface area contributed by atoms with Crippen LogP contribution in [0.1, 0.15) is 40.1 Å². The van der Waals surface area contributed by atoms with E-state index in [9.17, 15) is 27.6 Å². The van der Waals surface area contributed by atoms with E-state index in [4.69, 9.17) is 4.74 Å². The maximum atomic E-state index is 12.4. The molecule has 10 heteroatoms. The zero-order valence-electron chi connectivity index (χ0n) is 18.3. The Morgan fingerprint density at radius 3 is 2.24 bits per heavy atom. The summed E-state index contributed by atoms with van der Waals surface area (Å²) in [5.41, 5.74) is 1.40. The molecule has 2 aromatic rings. The molecule has 0 aliphatic heterocycles. The summed E-state index contributed by atoms with van der Waals surface area (Å²) in [6, 6.07) is 12.0. The first kappa shape index (κ1) is 25.9. The number of halogens is 3. The molecule has 0 radical (unpaired) electrons. The Bertz CT molecular complexity index is 957. The Kier molecular flexibility index (Phi) is 9.41. The second kappa shape index (κ2) is 12.0. The van der Waals surface area contributed by atoms with Crippen LogP contribution < -0.4 is 5.32 Å². The number of hydrogen-bond acceptors (Lipinski definition) is 5. The minimum absolute atomic E-state index is 0.134. The summed E-state index contributed by atoms with van der Waals surface area (Å²) in [5, 5.41) is 2.57. The van der Waals surface area contributed by atoms with Crippen molar-refractivity contribution in [1.29, 1.82) is 0 Å². The van der Waals surface area contributed by atoms with E-state index in [0.29, 0.717) is 29.9 Å². The Labute approximate surface area is 189 Å². The van der Waals surface area contributed by atoms with E-state index in [0.717, 1.165) is 0 Å². The second-order valence-corrected chi connectivity index (χ2v) is 6.99. The van der Waals surface area contributed by atoms with E-state index in [-0.39, 0.29) is 18.1 Å². The van der Waals surface area contributed by atoms with Gasteiger partial charge in [0.2, 0.25) is 0 Å². The van der Waals surface area contributed by atoms with Crippen LogP contribution in [0.25, 0.3) is 0 Å². The fraction of sp³-hybridized carbons (Fsp3) is 0.348. The van der Waals surface area contributed by atoms with Gasteiger partial charge in [-0.3, -0.25) is 9.59 Å². The summed E-state index contributed by atoms with van der Waals surface area (Å²) in [6.45, 7) is 2.69. The summed E-state index contributed by atoms with van der Waals surface area (Å²) in [4.78, 5) is 38.3. The van der Waals surface area contributed by atoms with E-state index in [1.807, 2.05) is 13.8 Å². The van der Waals surface area contributed by atoms with Crippen molar-refractivity contribution in [2.24, 2.45) is 0 Å². The minimum atomic E-state index is -4.41. The topological polar surface area (TPSA) is 84.9 Å². The second-order valence-electron chi connectivity index (χ2n) is 6.99. The fourth-order valence-corrected chi connectivity index (χ4v) is 2.86. The lowest BCUT2D eigenvalue weighted by Gasteiger charge is -2.19. The zero-order valence-corrected chi connectivity index (χ0v) is 18.3. The fourth-order valence-electron chi connectivity index (χ4n) is 2.86. The third kappa shape index (κ3) is 8.57. The van der Waals surface area contributed by atoms with Crippen molar-refractivity contribution >= 4 is 23.5 Å². The van der Waals surface area contributed by atoms with Crippen LogP contribution in [-0.2, 0) is 20.9 Å². The highest BCUT2D eigenvalue weighted by Crippen LogP contribution is 2.16. The van der Waals surface area contributed by atoms with Crippen molar-refractivity contribution in [2.45, 2.75) is 26.6 Å². The molecule has 1 N–H and O–H groups in total. The monoisotopic (exact) mass is 466 g/mol. The molecule has 178 valence electrons. The summed E-state index contributed by atoms with van der Waals surface area (Å²) < 4.78 is 45.8. The molecule has 0 spiro atoms. The third-order valence-corrected chi connectivity index (χ3v) is 4.50. The van der Waals surface area contributed by atoms with E-state index in [1.54, 1.807) is 29.2 Å². The van der Waals surface area contributed by atoms with Gasteiger partial charge in [-0.1, -0.05) is 18.2 Å². The lowest BCUT2D eigenvalue weighted by atomic mass is 10.1. The van der Waals surface area contributed by atoms with Crippen LogP contribution in [-0.4, -0.2) is 55.2 Å². The van der Waals surface area contributed by atoms with Crippen LogP contribution in [0, 0.1) is 0 Å². The van der Waals surface area contributed by atoms with Gasteiger partial charge in [-0.25, -0.2) is 4.79 Å². The highest BCUT2D eigenvalue weighted by atomic mass is 19.4. The Hall–Kier alpha value is -3.40. The summed E-state index contributed by atoms with van der Waals surface area (Å²) in [5.74, 6) is -1.51. The smallest absolute Gasteiger partial charge is 0.411 e. The first-order valence-electron chi connectivity index (χ1n) is 10.2. The van der Waals surface area contributed by atoms with Gasteiger partial charge in [0, 0.05) is 24.3 Å². The van der Waals surface area contributed by atoms with Gasteiger partial charge in [0.25, 0.3) is 11.8 Å². The number of anilines is 1. The van der Waals surface area contributed by atoms with Crippen molar-refractivity contribution in [2.75, 3.05) is 31.6 Å². The Morgan fingerprint density at radius 1 is 0.970 bits per heavy atom. The number of carbonyl (C=O) groups excluding carboxylic acids is 3. The van der Waals surface area contributed by atoms with Crippen LogP contribution in [0.4, 0.5) is 18.9 Å². The largest absolute Gasteiger partial charge is 0.452 e. The predicted molar refractivity (Wildman–Crippen MR) is 115 cm³/mol. The molecule has 0 bridgehead atoms. The van der Waals surface area contributed by atoms with Crippen molar-refractivity contribution in [3.8, 4) is 0 Å². The quantitative estimate of drug-likeness (QED) is 0.534. The van der Waals surface area contributed by atoms with Crippen LogP contribution in [0.5, 0.6) is 0 Å². The molecule has 0 fully saturated rings. The van der Waals surface area contributed by atoms with Gasteiger partial charge in [-0.2, -0.15) is 13.2 Å². The molecule has 0 heterocycles. The number of rotatable bonds is 10. The number of ether oxygens (including phenoxy) is 2. The van der Waals surface area contributed by atoms with Gasteiger partial charge < -0.3 is 19.7 Å². The molecule has 0 unspecified atom stereocenters. The van der Waals surface area contributed by atoms with Crippen molar-refractivity contribution in [3.63, 3.8) is 0 Å². The number of carbonyl (C=O) groups is 3. The van der Waals surface area contributed by atoms with E-state index >= 15 is 0 Å². The maximum absolute atomic E-state index is 12.4. The highest BCUT2D eigenvalue weighted by molar-refractivity contribution is 5.98. The minimum Gasteiger partial charge on any atom is -0.452 e.